The van der Waals surface area contributed by atoms with E-state index in [4.69, 9.17) is 4.74 Å². The number of hydrogen-bond acceptors (Lipinski definition) is 2. The van der Waals surface area contributed by atoms with Gasteiger partial charge in [-0.15, -0.1) is 0 Å². The van der Waals surface area contributed by atoms with Crippen LogP contribution in [0.2, 0.25) is 0 Å². The van der Waals surface area contributed by atoms with E-state index in [0.29, 0.717) is 0 Å². The number of benzene rings is 4. The van der Waals surface area contributed by atoms with Crippen molar-refractivity contribution in [2.24, 2.45) is 0 Å². The number of rotatable bonds is 1. The van der Waals surface area contributed by atoms with Crippen molar-refractivity contribution in [2.75, 3.05) is 0 Å². The van der Waals surface area contributed by atoms with E-state index in [1.807, 2.05) is 17.8 Å². The zero-order chi connectivity index (χ0) is 17.8. The van der Waals surface area contributed by atoms with Crippen molar-refractivity contribution in [3.63, 3.8) is 0 Å². The van der Waals surface area contributed by atoms with E-state index >= 15 is 0 Å². The van der Waals surface area contributed by atoms with Crippen molar-refractivity contribution in [3.05, 3.63) is 91.0 Å². The van der Waals surface area contributed by atoms with Gasteiger partial charge < -0.3 is 4.74 Å². The number of ether oxygens (including phenoxy) is 1. The van der Waals surface area contributed by atoms with Gasteiger partial charge >= 0.3 is 0 Å². The van der Waals surface area contributed by atoms with Crippen LogP contribution in [0.4, 0.5) is 0 Å². The van der Waals surface area contributed by atoms with E-state index in [9.17, 15) is 0 Å². The molecule has 0 spiro atoms. The minimum absolute atomic E-state index is 0.238. The van der Waals surface area contributed by atoms with Gasteiger partial charge in [-0.3, -0.25) is 0 Å². The first-order valence-corrected chi connectivity index (χ1v) is 9.97. The maximum absolute atomic E-state index is 6.39. The third kappa shape index (κ3) is 2.28. The van der Waals surface area contributed by atoms with Crippen LogP contribution in [0.1, 0.15) is 0 Å². The topological polar surface area (TPSA) is 9.23 Å². The first-order valence-electron chi connectivity index (χ1n) is 9.15. The van der Waals surface area contributed by atoms with Crippen molar-refractivity contribution < 1.29 is 4.74 Å². The zero-order valence-electron chi connectivity index (χ0n) is 14.6. The van der Waals surface area contributed by atoms with Crippen LogP contribution in [-0.2, 0) is 0 Å². The molecule has 0 N–H and O–H groups in total. The predicted octanol–water partition coefficient (Wildman–Crippen LogP) is 4.44. The molecule has 126 valence electrons. The average molecular weight is 362 g/mol. The van der Waals surface area contributed by atoms with Gasteiger partial charge in [-0.25, -0.2) is 0 Å². The summed E-state index contributed by atoms with van der Waals surface area (Å²) in [4.78, 5) is 2.64. The Morgan fingerprint density at radius 2 is 1.41 bits per heavy atom. The lowest BCUT2D eigenvalue weighted by atomic mass is 9.35. The maximum atomic E-state index is 6.39. The van der Waals surface area contributed by atoms with E-state index in [1.165, 1.54) is 37.3 Å². The Balaban J connectivity index is 1.58. The van der Waals surface area contributed by atoms with Crippen molar-refractivity contribution in [1.82, 2.24) is 0 Å². The van der Waals surface area contributed by atoms with E-state index in [1.54, 1.807) is 0 Å². The smallest absolute Gasteiger partial charge is 0.253 e. The Morgan fingerprint density at radius 1 is 0.593 bits per heavy atom. The summed E-state index contributed by atoms with van der Waals surface area (Å²) < 4.78 is 6.39. The molecule has 2 heterocycles. The standard InChI is InChI=1S/C24H15BOS/c1-2-7-16(8-3-1)17-13-14-18-21(15-17)26-20-10-6-12-23-24(20)25(18)19-9-4-5-11-22(19)27-23/h1-15H. The fourth-order valence-electron chi connectivity index (χ4n) is 4.19. The second kappa shape index (κ2) is 5.80. The first-order chi connectivity index (χ1) is 13.4. The molecule has 0 aromatic heterocycles. The van der Waals surface area contributed by atoms with Crippen LogP contribution in [0.25, 0.3) is 11.1 Å². The highest BCUT2D eigenvalue weighted by Gasteiger charge is 2.38. The van der Waals surface area contributed by atoms with Gasteiger partial charge in [-0.2, -0.15) is 0 Å². The lowest BCUT2D eigenvalue weighted by Gasteiger charge is -2.32. The van der Waals surface area contributed by atoms with Crippen LogP contribution in [0.3, 0.4) is 0 Å². The molecule has 0 saturated heterocycles. The van der Waals surface area contributed by atoms with Crippen LogP contribution in [0.15, 0.2) is 101 Å². The Bertz CT molecular complexity index is 1190. The van der Waals surface area contributed by atoms with Gasteiger partial charge in [0.15, 0.2) is 0 Å². The van der Waals surface area contributed by atoms with Crippen molar-refractivity contribution >= 4 is 34.9 Å². The second-order valence-electron chi connectivity index (χ2n) is 6.96. The molecule has 0 aliphatic carbocycles. The molecule has 0 radical (unpaired) electrons. The van der Waals surface area contributed by atoms with E-state index in [2.05, 4.69) is 84.9 Å². The Labute approximate surface area is 163 Å². The number of hydrogen-bond donors (Lipinski definition) is 0. The Hall–Kier alpha value is -2.91. The summed E-state index contributed by atoms with van der Waals surface area (Å²) in [6.45, 7) is 0.238. The first kappa shape index (κ1) is 15.2. The Kier molecular flexibility index (Phi) is 3.26. The van der Waals surface area contributed by atoms with E-state index in [-0.39, 0.29) is 6.71 Å². The fraction of sp³-hybridized carbons (Fsp3) is 0. The average Bonchev–Trinajstić information content (AvgIpc) is 2.74. The zero-order valence-corrected chi connectivity index (χ0v) is 15.4. The molecule has 1 nitrogen and oxygen atoms in total. The molecular weight excluding hydrogens is 347 g/mol. The molecule has 27 heavy (non-hydrogen) atoms. The highest BCUT2D eigenvalue weighted by Crippen LogP contribution is 2.37. The molecule has 6 rings (SSSR count). The van der Waals surface area contributed by atoms with Crippen LogP contribution < -0.4 is 21.1 Å². The molecule has 0 amide bonds. The van der Waals surface area contributed by atoms with Crippen LogP contribution in [0.5, 0.6) is 11.5 Å². The van der Waals surface area contributed by atoms with Crippen molar-refractivity contribution in [3.8, 4) is 22.6 Å². The summed E-state index contributed by atoms with van der Waals surface area (Å²) in [6, 6.07) is 32.3. The van der Waals surface area contributed by atoms with Crippen molar-refractivity contribution in [2.45, 2.75) is 9.79 Å². The minimum atomic E-state index is 0.238. The largest absolute Gasteiger partial charge is 0.458 e. The highest BCUT2D eigenvalue weighted by molar-refractivity contribution is 8.00. The molecule has 3 heteroatoms. The predicted molar refractivity (Wildman–Crippen MR) is 114 cm³/mol. The molecule has 0 unspecified atom stereocenters. The summed E-state index contributed by atoms with van der Waals surface area (Å²) in [6.07, 6.45) is 0. The van der Waals surface area contributed by atoms with Crippen molar-refractivity contribution in [1.29, 1.82) is 0 Å². The summed E-state index contributed by atoms with van der Waals surface area (Å²) in [5.41, 5.74) is 6.33. The van der Waals surface area contributed by atoms with Gasteiger partial charge in [0.25, 0.3) is 6.71 Å². The lowest BCUT2D eigenvalue weighted by Crippen LogP contribution is -2.57. The monoisotopic (exact) mass is 362 g/mol. The Morgan fingerprint density at radius 3 is 2.33 bits per heavy atom. The van der Waals surface area contributed by atoms with Crippen LogP contribution >= 0.6 is 11.8 Å². The minimum Gasteiger partial charge on any atom is -0.458 e. The van der Waals surface area contributed by atoms with Gasteiger partial charge in [-0.1, -0.05) is 84.0 Å². The third-order valence-corrected chi connectivity index (χ3v) is 6.58. The quantitative estimate of drug-likeness (QED) is 0.400. The summed E-state index contributed by atoms with van der Waals surface area (Å²) in [7, 11) is 0. The molecule has 2 aliphatic heterocycles. The SMILES string of the molecule is c1ccc(-c2ccc3c(c2)Oc2cccc4c2B3c2ccccc2S4)cc1. The second-order valence-corrected chi connectivity index (χ2v) is 8.05. The highest BCUT2D eigenvalue weighted by atomic mass is 32.2. The van der Waals surface area contributed by atoms with Gasteiger partial charge in [0, 0.05) is 9.79 Å². The number of fused-ring (bicyclic) bond motifs is 4. The van der Waals surface area contributed by atoms with Gasteiger partial charge in [-0.05, 0) is 46.3 Å². The molecule has 0 fully saturated rings. The maximum Gasteiger partial charge on any atom is 0.253 e. The van der Waals surface area contributed by atoms with Gasteiger partial charge in [0.05, 0.1) is 0 Å². The molecular formula is C24H15BOS. The van der Waals surface area contributed by atoms with E-state index in [0.717, 1.165) is 11.5 Å². The molecule has 4 aromatic rings. The molecule has 0 bridgehead atoms. The van der Waals surface area contributed by atoms with Gasteiger partial charge in [0.2, 0.25) is 0 Å². The van der Waals surface area contributed by atoms with E-state index < -0.39 is 0 Å². The lowest BCUT2D eigenvalue weighted by molar-refractivity contribution is 0.486. The molecule has 2 aliphatic rings. The normalized spacial score (nSPS) is 13.3. The van der Waals surface area contributed by atoms with Crippen LogP contribution in [-0.4, -0.2) is 6.71 Å². The summed E-state index contributed by atoms with van der Waals surface area (Å²) in [5, 5.41) is 0. The molecule has 0 saturated carbocycles. The fourth-order valence-corrected chi connectivity index (χ4v) is 5.35. The van der Waals surface area contributed by atoms with Gasteiger partial charge in [0.1, 0.15) is 11.5 Å². The molecule has 0 atom stereocenters. The molecule has 4 aromatic carbocycles. The summed E-state index contributed by atoms with van der Waals surface area (Å²) in [5.74, 6) is 1.95. The van der Waals surface area contributed by atoms with Crippen LogP contribution in [0, 0.1) is 0 Å². The summed E-state index contributed by atoms with van der Waals surface area (Å²) >= 11 is 1.84. The third-order valence-electron chi connectivity index (χ3n) is 5.42.